The third-order valence-corrected chi connectivity index (χ3v) is 5.79. The molecule has 4 N–H and O–H groups in total. The van der Waals surface area contributed by atoms with Crippen LogP contribution in [0.25, 0.3) is 0 Å². The largest absolute Gasteiger partial charge is 0.383 e. The van der Waals surface area contributed by atoms with Crippen molar-refractivity contribution in [1.82, 2.24) is 9.88 Å². The fourth-order valence-corrected chi connectivity index (χ4v) is 4.15. The highest BCUT2D eigenvalue weighted by Crippen LogP contribution is 2.36. The number of piperidine rings is 1. The van der Waals surface area contributed by atoms with Crippen molar-refractivity contribution in [3.05, 3.63) is 47.2 Å². The number of pyridine rings is 1. The van der Waals surface area contributed by atoms with Gasteiger partial charge in [-0.15, -0.1) is 0 Å². The van der Waals surface area contributed by atoms with Crippen molar-refractivity contribution in [2.24, 2.45) is 5.92 Å². The molecule has 2 aliphatic rings. The molecule has 30 heavy (non-hydrogen) atoms. The average molecular weight is 407 g/mol. The van der Waals surface area contributed by atoms with E-state index in [9.17, 15) is 14.4 Å². The van der Waals surface area contributed by atoms with Crippen LogP contribution in [0.2, 0.25) is 0 Å². The van der Waals surface area contributed by atoms with E-state index in [0.717, 1.165) is 35.2 Å². The Kier molecular flexibility index (Phi) is 5.15. The fraction of sp³-hybridized carbons (Fsp3) is 0.364. The quantitative estimate of drug-likeness (QED) is 0.661. The number of likely N-dealkylation sites (tertiary alicyclic amines) is 1. The molecule has 8 nitrogen and oxygen atoms in total. The second kappa shape index (κ2) is 7.78. The predicted octanol–water partition coefficient (Wildman–Crippen LogP) is 2.41. The van der Waals surface area contributed by atoms with Gasteiger partial charge in [-0.3, -0.25) is 14.4 Å². The Morgan fingerprint density at radius 2 is 2.07 bits per heavy atom. The Balaban J connectivity index is 1.55. The van der Waals surface area contributed by atoms with Crippen molar-refractivity contribution in [3.63, 3.8) is 0 Å². The van der Waals surface area contributed by atoms with Crippen LogP contribution >= 0.6 is 0 Å². The SMILES string of the molecule is Cc1cc(NC(=O)C(=O)N2CC(C)CCC2c2ccc3c(c2)CC(=O)N3)cnc1N. The lowest BCUT2D eigenvalue weighted by Crippen LogP contribution is -2.46. The zero-order chi connectivity index (χ0) is 21.4. The Labute approximate surface area is 174 Å². The first kappa shape index (κ1) is 19.9. The third kappa shape index (κ3) is 3.85. The highest BCUT2D eigenvalue weighted by Gasteiger charge is 2.35. The summed E-state index contributed by atoms with van der Waals surface area (Å²) in [6.07, 6.45) is 3.51. The van der Waals surface area contributed by atoms with E-state index < -0.39 is 11.8 Å². The molecule has 1 aromatic carbocycles. The summed E-state index contributed by atoms with van der Waals surface area (Å²) in [6.45, 7) is 4.37. The normalized spacial score (nSPS) is 20.5. The summed E-state index contributed by atoms with van der Waals surface area (Å²) in [5.41, 5.74) is 9.57. The van der Waals surface area contributed by atoms with E-state index in [1.54, 1.807) is 17.9 Å². The van der Waals surface area contributed by atoms with Crippen LogP contribution in [0.3, 0.4) is 0 Å². The summed E-state index contributed by atoms with van der Waals surface area (Å²) in [5, 5.41) is 5.46. The first-order valence-electron chi connectivity index (χ1n) is 10.1. The van der Waals surface area contributed by atoms with Gasteiger partial charge in [0.05, 0.1) is 24.3 Å². The summed E-state index contributed by atoms with van der Waals surface area (Å²) < 4.78 is 0. The monoisotopic (exact) mass is 407 g/mol. The Morgan fingerprint density at radius 3 is 2.83 bits per heavy atom. The van der Waals surface area contributed by atoms with Crippen molar-refractivity contribution in [1.29, 1.82) is 0 Å². The molecule has 8 heteroatoms. The molecule has 1 fully saturated rings. The standard InChI is InChI=1S/C22H25N5O3/c1-12-3-6-18(14-4-5-17-15(8-14)9-19(28)26-17)27(11-12)22(30)21(29)25-16-7-13(2)20(23)24-10-16/h4-5,7-8,10,12,18H,3,6,9,11H2,1-2H3,(H2,23,24)(H,25,29)(H,26,28). The molecule has 0 radical (unpaired) electrons. The van der Waals surface area contributed by atoms with Gasteiger partial charge in [0.2, 0.25) is 5.91 Å². The van der Waals surface area contributed by atoms with Gasteiger partial charge in [0, 0.05) is 12.2 Å². The van der Waals surface area contributed by atoms with Crippen LogP contribution in [0, 0.1) is 12.8 Å². The van der Waals surface area contributed by atoms with Crippen molar-refractivity contribution < 1.29 is 14.4 Å². The number of nitrogens with zero attached hydrogens (tertiary/aromatic N) is 2. The summed E-state index contributed by atoms with van der Waals surface area (Å²) in [7, 11) is 0. The summed E-state index contributed by atoms with van der Waals surface area (Å²) in [4.78, 5) is 43.1. The van der Waals surface area contributed by atoms with E-state index in [2.05, 4.69) is 22.5 Å². The summed E-state index contributed by atoms with van der Waals surface area (Å²) in [6, 6.07) is 7.26. The first-order chi connectivity index (χ1) is 14.3. The summed E-state index contributed by atoms with van der Waals surface area (Å²) in [5.74, 6) is -0.613. The maximum absolute atomic E-state index is 13.1. The lowest BCUT2D eigenvalue weighted by Gasteiger charge is -2.38. The zero-order valence-corrected chi connectivity index (χ0v) is 17.1. The van der Waals surface area contributed by atoms with Gasteiger partial charge < -0.3 is 21.3 Å². The number of fused-ring (bicyclic) bond motifs is 1. The van der Waals surface area contributed by atoms with Crippen LogP contribution in [0.4, 0.5) is 17.2 Å². The van der Waals surface area contributed by atoms with Crippen molar-refractivity contribution in [2.45, 2.75) is 39.2 Å². The Morgan fingerprint density at radius 1 is 1.27 bits per heavy atom. The first-order valence-corrected chi connectivity index (χ1v) is 10.1. The maximum Gasteiger partial charge on any atom is 0.313 e. The molecule has 156 valence electrons. The molecule has 1 aromatic heterocycles. The Bertz CT molecular complexity index is 1040. The number of nitrogens with one attached hydrogen (secondary N) is 2. The minimum absolute atomic E-state index is 0.0286. The van der Waals surface area contributed by atoms with Crippen molar-refractivity contribution in [2.75, 3.05) is 22.9 Å². The van der Waals surface area contributed by atoms with Crippen LogP contribution in [-0.4, -0.2) is 34.2 Å². The van der Waals surface area contributed by atoms with E-state index >= 15 is 0 Å². The topological polar surface area (TPSA) is 117 Å². The molecule has 2 aromatic rings. The fourth-order valence-electron chi connectivity index (χ4n) is 4.15. The highest BCUT2D eigenvalue weighted by molar-refractivity contribution is 6.39. The summed E-state index contributed by atoms with van der Waals surface area (Å²) >= 11 is 0. The second-order valence-corrected chi connectivity index (χ2v) is 8.18. The number of amides is 3. The molecule has 2 unspecified atom stereocenters. The molecule has 1 saturated heterocycles. The van der Waals surface area contributed by atoms with E-state index in [0.29, 0.717) is 30.4 Å². The number of aryl methyl sites for hydroxylation is 1. The van der Waals surface area contributed by atoms with Crippen LogP contribution < -0.4 is 16.4 Å². The number of aromatic nitrogens is 1. The van der Waals surface area contributed by atoms with Crippen LogP contribution in [0.15, 0.2) is 30.5 Å². The maximum atomic E-state index is 13.1. The average Bonchev–Trinajstić information content (AvgIpc) is 3.09. The molecule has 0 aliphatic carbocycles. The molecule has 4 rings (SSSR count). The molecule has 2 atom stereocenters. The van der Waals surface area contributed by atoms with Gasteiger partial charge >= 0.3 is 11.8 Å². The number of nitrogens with two attached hydrogens (primary N) is 1. The van der Waals surface area contributed by atoms with Crippen molar-refractivity contribution >= 4 is 34.9 Å². The molecular formula is C22H25N5O3. The molecule has 2 aliphatic heterocycles. The number of hydrogen-bond donors (Lipinski definition) is 3. The van der Waals surface area contributed by atoms with Gasteiger partial charge in [-0.05, 0) is 54.5 Å². The lowest BCUT2D eigenvalue weighted by molar-refractivity contribution is -0.146. The third-order valence-electron chi connectivity index (χ3n) is 5.79. The zero-order valence-electron chi connectivity index (χ0n) is 17.1. The van der Waals surface area contributed by atoms with E-state index in [1.807, 2.05) is 18.2 Å². The second-order valence-electron chi connectivity index (χ2n) is 8.18. The van der Waals surface area contributed by atoms with Crippen LogP contribution in [-0.2, 0) is 20.8 Å². The van der Waals surface area contributed by atoms with Gasteiger partial charge in [-0.2, -0.15) is 0 Å². The smallest absolute Gasteiger partial charge is 0.313 e. The number of rotatable bonds is 2. The number of carbonyl (C=O) groups excluding carboxylic acids is 3. The number of benzene rings is 1. The van der Waals surface area contributed by atoms with Crippen molar-refractivity contribution in [3.8, 4) is 0 Å². The highest BCUT2D eigenvalue weighted by atomic mass is 16.2. The van der Waals surface area contributed by atoms with Gasteiger partial charge in [0.15, 0.2) is 0 Å². The molecular weight excluding hydrogens is 382 g/mol. The van der Waals surface area contributed by atoms with E-state index in [1.165, 1.54) is 6.20 Å². The molecule has 0 bridgehead atoms. The van der Waals surface area contributed by atoms with Gasteiger partial charge in [0.25, 0.3) is 0 Å². The van der Waals surface area contributed by atoms with E-state index in [4.69, 9.17) is 5.73 Å². The van der Waals surface area contributed by atoms with Crippen LogP contribution in [0.5, 0.6) is 0 Å². The Hall–Kier alpha value is -3.42. The molecule has 0 spiro atoms. The minimum Gasteiger partial charge on any atom is -0.383 e. The molecule has 0 saturated carbocycles. The predicted molar refractivity (Wildman–Crippen MR) is 114 cm³/mol. The van der Waals surface area contributed by atoms with Gasteiger partial charge in [-0.25, -0.2) is 4.98 Å². The minimum atomic E-state index is -0.696. The van der Waals surface area contributed by atoms with E-state index in [-0.39, 0.29) is 11.9 Å². The van der Waals surface area contributed by atoms with Gasteiger partial charge in [-0.1, -0.05) is 19.1 Å². The number of hydrogen-bond acceptors (Lipinski definition) is 5. The number of anilines is 3. The number of nitrogen functional groups attached to an aromatic ring is 1. The van der Waals surface area contributed by atoms with Crippen LogP contribution in [0.1, 0.15) is 42.5 Å². The van der Waals surface area contributed by atoms with Gasteiger partial charge in [0.1, 0.15) is 5.82 Å². The lowest BCUT2D eigenvalue weighted by atomic mass is 9.89. The molecule has 3 amide bonds. The number of carbonyl (C=O) groups is 3. The molecule has 3 heterocycles.